The summed E-state index contributed by atoms with van der Waals surface area (Å²) in [6.45, 7) is -1.93. The molecule has 392 valence electrons. The molecule has 7 aromatic carbocycles. The van der Waals surface area contributed by atoms with Gasteiger partial charge >= 0.3 is 10.3 Å². The number of rotatable bonds is 21. The molecule has 0 bridgehead atoms. The molecule has 3 heterocycles. The van der Waals surface area contributed by atoms with Crippen LogP contribution in [0.2, 0.25) is 0 Å². The van der Waals surface area contributed by atoms with Crippen LogP contribution in [0.3, 0.4) is 0 Å². The molecule has 0 spiro atoms. The van der Waals surface area contributed by atoms with E-state index in [9.17, 15) is 31.7 Å². The van der Waals surface area contributed by atoms with Crippen LogP contribution in [0, 0.1) is 0 Å². The van der Waals surface area contributed by atoms with Gasteiger partial charge in [-0.05, 0) is 38.9 Å². The molecule has 78 heavy (non-hydrogen) atoms. The number of amides is 2. The minimum Gasteiger partial charge on any atom is -0.475 e. The highest BCUT2D eigenvalue weighted by molar-refractivity contribution is 7.84. The Morgan fingerprint density at radius 2 is 1.14 bits per heavy atom. The molecule has 2 aromatic heterocycles. The molecule has 1 saturated heterocycles. The molecule has 0 aliphatic carbocycles. The number of aromatic nitrogens is 2. The smallest absolute Gasteiger partial charge is 0.362 e. The van der Waals surface area contributed by atoms with Crippen LogP contribution < -0.4 is 25.6 Å². The fraction of sp³-hybridized carbons (Fsp3) is 0.117. The Morgan fingerprint density at radius 3 is 1.59 bits per heavy atom. The third kappa shape index (κ3) is 11.2. The second-order valence-corrected chi connectivity index (χ2v) is 20.1. The monoisotopic (exact) mass is 1080 g/mol. The molecular formula is C60H49FN6O9S2. The first kappa shape index (κ1) is 52.2. The number of hydrogen-bond donors (Lipinski definition) is 3. The van der Waals surface area contributed by atoms with E-state index in [4.69, 9.17) is 19.4 Å². The van der Waals surface area contributed by atoms with Gasteiger partial charge in [0.25, 0.3) is 11.8 Å². The number of β-lactam (4-membered cyclic amide) rings is 1. The third-order valence-electron chi connectivity index (χ3n) is 13.0. The fourth-order valence-electron chi connectivity index (χ4n) is 9.30. The number of thiazole rings is 1. The van der Waals surface area contributed by atoms with E-state index in [2.05, 4.69) is 15.8 Å². The lowest BCUT2D eigenvalue weighted by Crippen LogP contribution is -2.73. The van der Waals surface area contributed by atoms with Crippen LogP contribution >= 0.6 is 11.3 Å². The highest BCUT2D eigenvalue weighted by atomic mass is 32.2. The summed E-state index contributed by atoms with van der Waals surface area (Å²) in [5, 5.41) is 12.2. The number of alkyl halides is 1. The lowest BCUT2D eigenvalue weighted by Gasteiger charge is -2.42. The first-order valence-corrected chi connectivity index (χ1v) is 26.9. The van der Waals surface area contributed by atoms with Crippen LogP contribution in [0.15, 0.2) is 240 Å². The van der Waals surface area contributed by atoms with E-state index in [1.165, 1.54) is 22.4 Å². The number of carbonyl (C=O) groups excluding carboxylic acids is 2. The summed E-state index contributed by atoms with van der Waals surface area (Å²) < 4.78 is 56.1. The van der Waals surface area contributed by atoms with Crippen molar-refractivity contribution in [1.82, 2.24) is 19.3 Å². The lowest BCUT2D eigenvalue weighted by atomic mass is 9.77. The zero-order valence-corrected chi connectivity index (χ0v) is 43.0. The maximum absolute atomic E-state index is 14.5. The Bertz CT molecular complexity index is 3520. The van der Waals surface area contributed by atoms with Gasteiger partial charge in [-0.2, -0.15) is 13.1 Å². The number of oxime groups is 1. The van der Waals surface area contributed by atoms with E-state index < -0.39 is 76.4 Å². The van der Waals surface area contributed by atoms with Crippen molar-refractivity contribution in [3.05, 3.63) is 291 Å². The Balaban J connectivity index is 1.04. The zero-order chi connectivity index (χ0) is 54.1. The van der Waals surface area contributed by atoms with Gasteiger partial charge in [-0.1, -0.05) is 217 Å². The zero-order valence-electron chi connectivity index (χ0n) is 41.4. The minimum atomic E-state index is -5.17. The van der Waals surface area contributed by atoms with Crippen LogP contribution in [0.4, 0.5) is 9.52 Å². The third-order valence-corrected chi connectivity index (χ3v) is 14.7. The topological polar surface area (TPSA) is 191 Å². The van der Waals surface area contributed by atoms with E-state index >= 15 is 0 Å². The molecule has 18 heteroatoms. The average molecular weight is 1080 g/mol. The predicted molar refractivity (Wildman–Crippen MR) is 294 cm³/mol. The Labute approximate surface area is 452 Å². The summed E-state index contributed by atoms with van der Waals surface area (Å²) in [6.07, 6.45) is -0.0280. The number of nitrogens with one attached hydrogen (secondary N) is 2. The van der Waals surface area contributed by atoms with E-state index in [0.717, 1.165) is 50.3 Å². The van der Waals surface area contributed by atoms with E-state index in [1.54, 1.807) is 0 Å². The molecule has 2 unspecified atom stereocenters. The molecule has 9 aromatic rings. The second kappa shape index (κ2) is 23.3. The normalized spacial score (nSPS) is 14.6. The molecule has 1 fully saturated rings. The standard InChI is InChI=1S/C60H49FN6O9S2/c61-37-50-54(58(70)67(50)78(71,72)73)63-57(69)53(49-40-77-59(62-49)64-60(45-30-16-5-17-31-45,46-32-18-6-19-33-46)47-34-20-7-21-35-47)65-74-39-48-36-51(68)52(75-55(41-22-8-1-9-23-41)42-24-10-2-11-25-42)38-66(48)76-56(43-26-12-3-13-27-43)44-28-14-4-15-29-44/h1-36,38,40,50,54-56H,37,39H2,(H,62,64)(H,63,69)(H,71,72,73)/b65-53-. The van der Waals surface area contributed by atoms with Crippen molar-refractivity contribution in [3.63, 3.8) is 0 Å². The van der Waals surface area contributed by atoms with Crippen LogP contribution in [-0.2, 0) is 36.9 Å². The van der Waals surface area contributed by atoms with Crippen LogP contribution in [0.1, 0.15) is 62.5 Å². The molecule has 15 nitrogen and oxygen atoms in total. The van der Waals surface area contributed by atoms with Crippen LogP contribution in [0.25, 0.3) is 0 Å². The lowest BCUT2D eigenvalue weighted by molar-refractivity contribution is -0.145. The Kier molecular flexibility index (Phi) is 15.6. The summed E-state index contributed by atoms with van der Waals surface area (Å²) in [5.74, 6) is -2.44. The van der Waals surface area contributed by atoms with E-state index in [1.807, 2.05) is 212 Å². The van der Waals surface area contributed by atoms with Gasteiger partial charge in [0.05, 0.1) is 6.20 Å². The first-order valence-electron chi connectivity index (χ1n) is 24.6. The van der Waals surface area contributed by atoms with Crippen molar-refractivity contribution in [1.29, 1.82) is 0 Å². The van der Waals surface area contributed by atoms with Crippen molar-refractivity contribution < 1.29 is 41.4 Å². The van der Waals surface area contributed by atoms with Crippen molar-refractivity contribution >= 4 is 44.3 Å². The van der Waals surface area contributed by atoms with Gasteiger partial charge in [-0.25, -0.2) is 13.7 Å². The number of benzene rings is 7. The van der Waals surface area contributed by atoms with Gasteiger partial charge in [0.1, 0.15) is 41.8 Å². The molecule has 2 amide bonds. The highest BCUT2D eigenvalue weighted by Gasteiger charge is 2.54. The summed E-state index contributed by atoms with van der Waals surface area (Å²) in [4.78, 5) is 59.6. The SMILES string of the molecule is O=C(NC1C(=O)N(S(=O)(=O)O)C1CF)/C(=N\OCc1cc(=O)c(OC(c2ccccc2)c2ccccc2)cn1OC(c1ccccc1)c1ccccc1)c1csc(NC(c2ccccc2)(c2ccccc2)c2ccccc2)n1. The first-order chi connectivity index (χ1) is 38.0. The highest BCUT2D eigenvalue weighted by Crippen LogP contribution is 2.41. The number of ether oxygens (including phenoxy) is 1. The maximum Gasteiger partial charge on any atom is 0.362 e. The Hall–Kier alpha value is -9.23. The Morgan fingerprint density at radius 1 is 0.692 bits per heavy atom. The summed E-state index contributed by atoms with van der Waals surface area (Å²) in [7, 11) is -5.17. The van der Waals surface area contributed by atoms with Gasteiger partial charge < -0.3 is 25.0 Å². The summed E-state index contributed by atoms with van der Waals surface area (Å²) in [5.41, 5.74) is 3.68. The fourth-order valence-corrected chi connectivity index (χ4v) is 10.9. The minimum absolute atomic E-state index is 0.0425. The van der Waals surface area contributed by atoms with E-state index in [0.29, 0.717) is 5.13 Å². The molecule has 0 radical (unpaired) electrons. The van der Waals surface area contributed by atoms with Crippen molar-refractivity contribution in [2.75, 3.05) is 12.0 Å². The molecule has 1 aliphatic rings. The van der Waals surface area contributed by atoms with Gasteiger partial charge in [0, 0.05) is 11.4 Å². The van der Waals surface area contributed by atoms with E-state index in [-0.39, 0.29) is 21.4 Å². The molecule has 1 aliphatic heterocycles. The maximum atomic E-state index is 14.5. The summed E-state index contributed by atoms with van der Waals surface area (Å²) >= 11 is 1.13. The summed E-state index contributed by atoms with van der Waals surface area (Å²) in [6, 6.07) is 64.7. The largest absolute Gasteiger partial charge is 0.475 e. The number of anilines is 1. The number of halogens is 1. The molecule has 3 N–H and O–H groups in total. The molecular weight excluding hydrogens is 1030 g/mol. The van der Waals surface area contributed by atoms with Crippen LogP contribution in [-0.4, -0.2) is 63.3 Å². The number of nitrogens with zero attached hydrogens (tertiary/aromatic N) is 4. The number of carbonyl (C=O) groups is 2. The second-order valence-electron chi connectivity index (χ2n) is 18.0. The van der Waals surface area contributed by atoms with Crippen molar-refractivity contribution in [3.8, 4) is 5.75 Å². The van der Waals surface area contributed by atoms with Gasteiger partial charge in [0.2, 0.25) is 5.43 Å². The quantitative estimate of drug-likeness (QED) is 0.0204. The predicted octanol–water partition coefficient (Wildman–Crippen LogP) is 9.48. The van der Waals surface area contributed by atoms with Crippen molar-refractivity contribution in [2.24, 2.45) is 5.16 Å². The van der Waals surface area contributed by atoms with Crippen molar-refractivity contribution in [2.45, 2.75) is 36.4 Å². The molecule has 2 atom stereocenters. The van der Waals surface area contributed by atoms with Crippen LogP contribution in [0.5, 0.6) is 5.75 Å². The molecule has 0 saturated carbocycles. The number of pyridine rings is 1. The molecule has 10 rings (SSSR count). The van der Waals surface area contributed by atoms with Gasteiger partial charge in [-0.15, -0.1) is 11.3 Å². The van der Waals surface area contributed by atoms with Gasteiger partial charge in [0.15, 0.2) is 29.3 Å². The average Bonchev–Trinajstić information content (AvgIpc) is 4.09. The number of hydrogen-bond acceptors (Lipinski definition) is 12. The van der Waals surface area contributed by atoms with Gasteiger partial charge in [-0.3, -0.25) is 18.9 Å².